The van der Waals surface area contributed by atoms with Crippen molar-refractivity contribution in [2.24, 2.45) is 5.92 Å². The van der Waals surface area contributed by atoms with Gasteiger partial charge in [0.25, 0.3) is 0 Å². The van der Waals surface area contributed by atoms with E-state index in [1.54, 1.807) is 12.5 Å². The van der Waals surface area contributed by atoms with Crippen molar-refractivity contribution in [2.45, 2.75) is 45.8 Å². The first-order valence-electron chi connectivity index (χ1n) is 11.0. The molecule has 3 rings (SSSR count). The summed E-state index contributed by atoms with van der Waals surface area (Å²) in [4.78, 5) is 3.98. The fourth-order valence-electron chi connectivity index (χ4n) is 3.49. The lowest BCUT2D eigenvalue weighted by molar-refractivity contribution is 0.0924. The minimum atomic E-state index is -0.601. The van der Waals surface area contributed by atoms with E-state index in [2.05, 4.69) is 56.9 Å². The van der Waals surface area contributed by atoms with Crippen molar-refractivity contribution in [1.82, 2.24) is 9.55 Å². The quantitative estimate of drug-likeness (QED) is 0.402. The van der Waals surface area contributed by atoms with Gasteiger partial charge in [0.1, 0.15) is 24.2 Å². The number of benzene rings is 2. The molecule has 1 aromatic heterocycles. The molecule has 2 unspecified atom stereocenters. The summed E-state index contributed by atoms with van der Waals surface area (Å²) in [7, 11) is 0. The Labute approximate surface area is 196 Å². The summed E-state index contributed by atoms with van der Waals surface area (Å²) in [6, 6.07) is 14.4. The topological polar surface area (TPSA) is 56.5 Å². The highest BCUT2D eigenvalue weighted by Gasteiger charge is 2.24. The fraction of sp³-hybridized carbons (Fsp3) is 0.423. The molecule has 0 aliphatic carbocycles. The van der Waals surface area contributed by atoms with Gasteiger partial charge in [-0.15, -0.1) is 11.6 Å². The maximum Gasteiger partial charge on any atom is 0.122 e. The molecule has 2 atom stereocenters. The highest BCUT2D eigenvalue weighted by molar-refractivity contribution is 6.18. The second-order valence-corrected chi connectivity index (χ2v) is 9.23. The molecular formula is C26H33ClN2O3. The molecule has 172 valence electrons. The van der Waals surface area contributed by atoms with E-state index in [4.69, 9.17) is 21.1 Å². The van der Waals surface area contributed by atoms with E-state index >= 15 is 0 Å². The summed E-state index contributed by atoms with van der Waals surface area (Å²) >= 11 is 5.88. The van der Waals surface area contributed by atoms with Crippen LogP contribution >= 0.6 is 11.6 Å². The normalized spacial score (nSPS) is 13.6. The van der Waals surface area contributed by atoms with Crippen LogP contribution in [0.5, 0.6) is 11.5 Å². The van der Waals surface area contributed by atoms with Crippen molar-refractivity contribution in [3.05, 3.63) is 77.9 Å². The molecule has 6 heteroatoms. The number of hydrogen-bond donors (Lipinski definition) is 1. The summed E-state index contributed by atoms with van der Waals surface area (Å²) < 4.78 is 13.5. The number of aromatic nitrogens is 2. The first-order chi connectivity index (χ1) is 15.3. The molecule has 0 radical (unpaired) electrons. The summed E-state index contributed by atoms with van der Waals surface area (Å²) in [5, 5.41) is 10.2. The Hall–Kier alpha value is -2.50. The number of nitrogens with zero attached hydrogens (tertiary/aromatic N) is 2. The summed E-state index contributed by atoms with van der Waals surface area (Å²) in [5.41, 5.74) is 3.35. The summed E-state index contributed by atoms with van der Waals surface area (Å²) in [6.45, 7) is 9.87. The first-order valence-corrected chi connectivity index (χ1v) is 11.5. The molecule has 0 spiro atoms. The van der Waals surface area contributed by atoms with Gasteiger partial charge in [0.2, 0.25) is 0 Å². The van der Waals surface area contributed by atoms with E-state index < -0.39 is 6.10 Å². The SMILES string of the molecule is Cc1cc(C(C)(C)c2ccc(OCC(O)Cn3ccnc3)cc2)ccc1OCC(C)CCl. The molecule has 0 fully saturated rings. The van der Waals surface area contributed by atoms with Gasteiger partial charge < -0.3 is 19.1 Å². The van der Waals surface area contributed by atoms with Crippen molar-refractivity contribution in [3.8, 4) is 11.5 Å². The third-order valence-electron chi connectivity index (χ3n) is 5.68. The Morgan fingerprint density at radius 1 is 1.06 bits per heavy atom. The lowest BCUT2D eigenvalue weighted by Gasteiger charge is -2.27. The molecule has 0 bridgehead atoms. The van der Waals surface area contributed by atoms with Crippen LogP contribution in [0.3, 0.4) is 0 Å². The summed E-state index contributed by atoms with van der Waals surface area (Å²) in [5.74, 6) is 2.55. The maximum atomic E-state index is 10.2. The van der Waals surface area contributed by atoms with Gasteiger partial charge in [0.05, 0.1) is 19.5 Å². The van der Waals surface area contributed by atoms with Gasteiger partial charge in [-0.1, -0.05) is 45.0 Å². The number of halogens is 1. The molecule has 1 N–H and O–H groups in total. The standard InChI is InChI=1S/C26H33ClN2O3/c1-19(14-27)16-32-25-10-7-22(13-20(25)2)26(3,4)21-5-8-24(9-6-21)31-17-23(30)15-29-12-11-28-18-29/h5-13,18-19,23,30H,14-17H2,1-4H3. The van der Waals surface area contributed by atoms with Gasteiger partial charge in [-0.2, -0.15) is 0 Å². The Balaban J connectivity index is 1.62. The largest absolute Gasteiger partial charge is 0.493 e. The number of alkyl halides is 1. The second-order valence-electron chi connectivity index (χ2n) is 8.92. The van der Waals surface area contributed by atoms with Crippen molar-refractivity contribution in [2.75, 3.05) is 19.1 Å². The van der Waals surface area contributed by atoms with Crippen molar-refractivity contribution < 1.29 is 14.6 Å². The predicted molar refractivity (Wildman–Crippen MR) is 129 cm³/mol. The first kappa shape index (κ1) is 24.1. The van der Waals surface area contributed by atoms with E-state index in [1.165, 1.54) is 11.1 Å². The van der Waals surface area contributed by atoms with Crippen LogP contribution in [0.15, 0.2) is 61.2 Å². The zero-order chi connectivity index (χ0) is 23.1. The number of ether oxygens (including phenoxy) is 2. The van der Waals surface area contributed by atoms with E-state index in [-0.39, 0.29) is 12.0 Å². The molecule has 0 amide bonds. The molecule has 1 heterocycles. The third kappa shape index (κ3) is 6.27. The Kier molecular flexibility index (Phi) is 8.21. The van der Waals surface area contributed by atoms with Gasteiger partial charge in [-0.3, -0.25) is 0 Å². The molecule has 0 saturated heterocycles. The number of aliphatic hydroxyl groups is 1. The van der Waals surface area contributed by atoms with Gasteiger partial charge >= 0.3 is 0 Å². The van der Waals surface area contributed by atoms with Gasteiger partial charge in [-0.25, -0.2) is 4.98 Å². The van der Waals surface area contributed by atoms with E-state index in [0.29, 0.717) is 24.9 Å². The Bertz CT molecular complexity index is 971. The number of imidazole rings is 1. The number of rotatable bonds is 11. The lowest BCUT2D eigenvalue weighted by Crippen LogP contribution is -2.23. The minimum absolute atomic E-state index is 0.174. The van der Waals surface area contributed by atoms with Crippen LogP contribution in [0.25, 0.3) is 0 Å². The lowest BCUT2D eigenvalue weighted by atomic mass is 9.77. The van der Waals surface area contributed by atoms with Crippen LogP contribution in [-0.2, 0) is 12.0 Å². The zero-order valence-corrected chi connectivity index (χ0v) is 20.0. The zero-order valence-electron chi connectivity index (χ0n) is 19.3. The highest BCUT2D eigenvalue weighted by atomic mass is 35.5. The fourth-order valence-corrected chi connectivity index (χ4v) is 3.58. The highest BCUT2D eigenvalue weighted by Crippen LogP contribution is 2.34. The molecule has 2 aromatic carbocycles. The molecular weight excluding hydrogens is 424 g/mol. The van der Waals surface area contributed by atoms with Crippen LogP contribution in [0.1, 0.15) is 37.5 Å². The molecule has 0 aliphatic heterocycles. The van der Waals surface area contributed by atoms with Crippen molar-refractivity contribution >= 4 is 11.6 Å². The molecule has 0 saturated carbocycles. The monoisotopic (exact) mass is 456 g/mol. The molecule has 3 aromatic rings. The molecule has 5 nitrogen and oxygen atoms in total. The number of aryl methyl sites for hydroxylation is 1. The third-order valence-corrected chi connectivity index (χ3v) is 6.21. The Morgan fingerprint density at radius 2 is 1.78 bits per heavy atom. The number of aliphatic hydroxyl groups excluding tert-OH is 1. The predicted octanol–water partition coefficient (Wildman–Crippen LogP) is 5.21. The minimum Gasteiger partial charge on any atom is -0.493 e. The van der Waals surface area contributed by atoms with Crippen LogP contribution in [-0.4, -0.2) is 39.9 Å². The van der Waals surface area contributed by atoms with Crippen molar-refractivity contribution in [1.29, 1.82) is 0 Å². The summed E-state index contributed by atoms with van der Waals surface area (Å²) in [6.07, 6.45) is 4.59. The van der Waals surface area contributed by atoms with E-state index in [9.17, 15) is 5.11 Å². The average molecular weight is 457 g/mol. The van der Waals surface area contributed by atoms with E-state index in [0.717, 1.165) is 17.1 Å². The second kappa shape index (κ2) is 10.9. The van der Waals surface area contributed by atoms with Crippen LogP contribution in [0.4, 0.5) is 0 Å². The van der Waals surface area contributed by atoms with Gasteiger partial charge in [0.15, 0.2) is 0 Å². The average Bonchev–Trinajstić information content (AvgIpc) is 3.29. The Morgan fingerprint density at radius 3 is 2.41 bits per heavy atom. The maximum absolute atomic E-state index is 10.2. The number of hydrogen-bond acceptors (Lipinski definition) is 4. The van der Waals surface area contributed by atoms with Crippen LogP contribution < -0.4 is 9.47 Å². The van der Waals surface area contributed by atoms with Gasteiger partial charge in [-0.05, 0) is 41.8 Å². The van der Waals surface area contributed by atoms with Gasteiger partial charge in [0, 0.05) is 29.6 Å². The van der Waals surface area contributed by atoms with E-state index in [1.807, 2.05) is 29.0 Å². The molecule has 32 heavy (non-hydrogen) atoms. The molecule has 0 aliphatic rings. The van der Waals surface area contributed by atoms with Crippen molar-refractivity contribution in [3.63, 3.8) is 0 Å². The van der Waals surface area contributed by atoms with Crippen LogP contribution in [0, 0.1) is 12.8 Å². The van der Waals surface area contributed by atoms with Crippen LogP contribution in [0.2, 0.25) is 0 Å². The smallest absolute Gasteiger partial charge is 0.122 e.